The first-order chi connectivity index (χ1) is 11.4. The molecule has 1 amide bonds. The van der Waals surface area contributed by atoms with Gasteiger partial charge < -0.3 is 10.4 Å². The van der Waals surface area contributed by atoms with Crippen molar-refractivity contribution in [2.75, 3.05) is 5.32 Å². The molecular formula is C18H20ClN3O2. The third-order valence-corrected chi connectivity index (χ3v) is 4.59. The molecule has 1 fully saturated rings. The number of phenols is 1. The summed E-state index contributed by atoms with van der Waals surface area (Å²) in [5.74, 6) is 0.0451. The van der Waals surface area contributed by atoms with Crippen LogP contribution < -0.4 is 16.2 Å². The zero-order valence-electron chi connectivity index (χ0n) is 13.6. The predicted molar refractivity (Wildman–Crippen MR) is 95.1 cm³/mol. The number of aromatic hydroxyl groups is 1. The number of carbonyl (C=O) groups excluding carboxylic acids is 1. The van der Waals surface area contributed by atoms with Crippen LogP contribution in [0.2, 0.25) is 5.02 Å². The number of hydrazine groups is 1. The van der Waals surface area contributed by atoms with Crippen LogP contribution in [-0.2, 0) is 4.79 Å². The molecule has 0 bridgehead atoms. The largest absolute Gasteiger partial charge is 0.508 e. The van der Waals surface area contributed by atoms with Gasteiger partial charge in [-0.15, -0.1) is 0 Å². The maximum Gasteiger partial charge on any atom is 0.242 e. The van der Waals surface area contributed by atoms with Crippen LogP contribution >= 0.6 is 11.6 Å². The summed E-state index contributed by atoms with van der Waals surface area (Å²) in [5, 5.41) is 13.5. The van der Waals surface area contributed by atoms with E-state index in [2.05, 4.69) is 16.2 Å². The van der Waals surface area contributed by atoms with Crippen molar-refractivity contribution in [3.8, 4) is 5.75 Å². The van der Waals surface area contributed by atoms with Crippen molar-refractivity contribution in [2.24, 2.45) is 0 Å². The van der Waals surface area contributed by atoms with Crippen molar-refractivity contribution in [3.05, 3.63) is 58.1 Å². The molecule has 0 spiro atoms. The molecule has 0 aliphatic carbocycles. The molecule has 2 aromatic carbocycles. The normalized spacial score (nSPS) is 20.1. The highest BCUT2D eigenvalue weighted by Crippen LogP contribution is 2.32. The van der Waals surface area contributed by atoms with Gasteiger partial charge in [0.2, 0.25) is 5.91 Å². The Balaban J connectivity index is 1.67. The highest BCUT2D eigenvalue weighted by molar-refractivity contribution is 6.30. The zero-order chi connectivity index (χ0) is 17.3. The number of halogens is 1. The van der Waals surface area contributed by atoms with Crippen molar-refractivity contribution in [1.29, 1.82) is 0 Å². The first-order valence-corrected chi connectivity index (χ1v) is 8.19. The number of anilines is 1. The van der Waals surface area contributed by atoms with Crippen LogP contribution in [0, 0.1) is 13.8 Å². The Morgan fingerprint density at radius 1 is 1.17 bits per heavy atom. The standard InChI is InChI=1S/C18H20ClN3O2/c1-10-3-5-13(7-11(10)2)20-18(24)16-9-15(21-22-16)14-8-12(19)4-6-17(14)23/h3-8,15-16,21-23H,9H2,1-2H3,(H,20,24). The van der Waals surface area contributed by atoms with E-state index >= 15 is 0 Å². The fraction of sp³-hybridized carbons (Fsp3) is 0.278. The van der Waals surface area contributed by atoms with Crippen LogP contribution in [0.25, 0.3) is 0 Å². The Bertz CT molecular complexity index is 779. The summed E-state index contributed by atoms with van der Waals surface area (Å²) in [5.41, 5.74) is 9.80. The van der Waals surface area contributed by atoms with Crippen LogP contribution in [0.15, 0.2) is 36.4 Å². The molecule has 1 aliphatic rings. The summed E-state index contributed by atoms with van der Waals surface area (Å²) in [6.45, 7) is 4.05. The van der Waals surface area contributed by atoms with Crippen LogP contribution in [-0.4, -0.2) is 17.1 Å². The lowest BCUT2D eigenvalue weighted by Crippen LogP contribution is -2.39. The highest BCUT2D eigenvalue weighted by atomic mass is 35.5. The van der Waals surface area contributed by atoms with E-state index in [-0.39, 0.29) is 17.7 Å². The molecule has 1 aliphatic heterocycles. The number of carbonyl (C=O) groups is 1. The number of rotatable bonds is 3. The molecule has 6 heteroatoms. The highest BCUT2D eigenvalue weighted by Gasteiger charge is 2.31. The van der Waals surface area contributed by atoms with Crippen molar-refractivity contribution in [1.82, 2.24) is 10.9 Å². The van der Waals surface area contributed by atoms with E-state index < -0.39 is 6.04 Å². The number of hydrogen-bond donors (Lipinski definition) is 4. The molecule has 0 aromatic heterocycles. The number of benzene rings is 2. The lowest BCUT2D eigenvalue weighted by Gasteiger charge is -2.13. The van der Waals surface area contributed by atoms with Crippen LogP contribution in [0.3, 0.4) is 0 Å². The van der Waals surface area contributed by atoms with Gasteiger partial charge in [0, 0.05) is 16.3 Å². The summed E-state index contributed by atoms with van der Waals surface area (Å²) in [4.78, 5) is 12.4. The molecule has 126 valence electrons. The number of aryl methyl sites for hydroxylation is 2. The van der Waals surface area contributed by atoms with Gasteiger partial charge in [0.15, 0.2) is 0 Å². The molecule has 3 rings (SSSR count). The Labute approximate surface area is 146 Å². The molecule has 1 saturated heterocycles. The second-order valence-corrected chi connectivity index (χ2v) is 6.56. The molecule has 2 atom stereocenters. The maximum absolute atomic E-state index is 12.4. The van der Waals surface area contributed by atoms with Crippen molar-refractivity contribution >= 4 is 23.2 Å². The minimum atomic E-state index is -0.394. The van der Waals surface area contributed by atoms with Gasteiger partial charge in [-0.1, -0.05) is 17.7 Å². The molecule has 24 heavy (non-hydrogen) atoms. The number of hydrogen-bond acceptors (Lipinski definition) is 4. The van der Waals surface area contributed by atoms with Gasteiger partial charge in [-0.2, -0.15) is 0 Å². The van der Waals surface area contributed by atoms with Crippen LogP contribution in [0.4, 0.5) is 5.69 Å². The summed E-state index contributed by atoms with van der Waals surface area (Å²) in [6.07, 6.45) is 0.518. The third kappa shape index (κ3) is 3.53. The Kier molecular flexibility index (Phi) is 4.76. The Morgan fingerprint density at radius 2 is 1.96 bits per heavy atom. The predicted octanol–water partition coefficient (Wildman–Crippen LogP) is 3.21. The first kappa shape index (κ1) is 16.8. The fourth-order valence-electron chi connectivity index (χ4n) is 2.79. The quantitative estimate of drug-likeness (QED) is 0.689. The molecule has 5 nitrogen and oxygen atoms in total. The average Bonchev–Trinajstić information content (AvgIpc) is 3.03. The SMILES string of the molecule is Cc1ccc(NC(=O)C2CC(c3cc(Cl)ccc3O)NN2)cc1C. The molecule has 0 radical (unpaired) electrons. The Morgan fingerprint density at radius 3 is 2.71 bits per heavy atom. The van der Waals surface area contributed by atoms with E-state index in [9.17, 15) is 9.90 Å². The van der Waals surface area contributed by atoms with Crippen molar-refractivity contribution < 1.29 is 9.90 Å². The summed E-state index contributed by atoms with van der Waals surface area (Å²) in [7, 11) is 0. The molecule has 4 N–H and O–H groups in total. The monoisotopic (exact) mass is 345 g/mol. The number of nitrogens with one attached hydrogen (secondary N) is 3. The van der Waals surface area contributed by atoms with E-state index in [0.29, 0.717) is 17.0 Å². The second-order valence-electron chi connectivity index (χ2n) is 6.12. The third-order valence-electron chi connectivity index (χ3n) is 4.36. The van der Waals surface area contributed by atoms with Crippen LogP contribution in [0.5, 0.6) is 5.75 Å². The van der Waals surface area contributed by atoms with Gasteiger partial charge in [-0.05, 0) is 61.7 Å². The molecule has 2 unspecified atom stereocenters. The smallest absolute Gasteiger partial charge is 0.242 e. The summed E-state index contributed by atoms with van der Waals surface area (Å²) >= 11 is 5.99. The molecule has 2 aromatic rings. The lowest BCUT2D eigenvalue weighted by atomic mass is 10.0. The second kappa shape index (κ2) is 6.81. The van der Waals surface area contributed by atoms with Gasteiger partial charge >= 0.3 is 0 Å². The van der Waals surface area contributed by atoms with Gasteiger partial charge in [0.1, 0.15) is 11.8 Å². The van der Waals surface area contributed by atoms with Crippen LogP contribution in [0.1, 0.15) is 29.2 Å². The lowest BCUT2D eigenvalue weighted by molar-refractivity contribution is -0.117. The van der Waals surface area contributed by atoms with E-state index in [1.807, 2.05) is 32.0 Å². The first-order valence-electron chi connectivity index (χ1n) is 7.81. The van der Waals surface area contributed by atoms with Gasteiger partial charge in [-0.25, -0.2) is 10.9 Å². The number of phenolic OH excluding ortho intramolecular Hbond substituents is 1. The minimum absolute atomic E-state index is 0.116. The minimum Gasteiger partial charge on any atom is -0.508 e. The Hall–Kier alpha value is -2.08. The number of amides is 1. The fourth-order valence-corrected chi connectivity index (χ4v) is 2.97. The maximum atomic E-state index is 12.4. The van der Waals surface area contributed by atoms with Crippen molar-refractivity contribution in [3.63, 3.8) is 0 Å². The zero-order valence-corrected chi connectivity index (χ0v) is 14.3. The molecule has 0 saturated carbocycles. The summed E-state index contributed by atoms with van der Waals surface area (Å²) < 4.78 is 0. The van der Waals surface area contributed by atoms with E-state index in [0.717, 1.165) is 11.3 Å². The van der Waals surface area contributed by atoms with Gasteiger partial charge in [0.25, 0.3) is 0 Å². The molecular weight excluding hydrogens is 326 g/mol. The van der Waals surface area contributed by atoms with E-state index in [4.69, 9.17) is 11.6 Å². The van der Waals surface area contributed by atoms with Gasteiger partial charge in [-0.3, -0.25) is 4.79 Å². The molecule has 1 heterocycles. The van der Waals surface area contributed by atoms with E-state index in [1.54, 1.807) is 18.2 Å². The van der Waals surface area contributed by atoms with Crippen molar-refractivity contribution in [2.45, 2.75) is 32.4 Å². The average molecular weight is 346 g/mol. The summed E-state index contributed by atoms with van der Waals surface area (Å²) in [6, 6.07) is 10.2. The van der Waals surface area contributed by atoms with E-state index in [1.165, 1.54) is 5.56 Å². The van der Waals surface area contributed by atoms with Gasteiger partial charge in [0.05, 0.1) is 6.04 Å². The topological polar surface area (TPSA) is 73.4 Å².